The van der Waals surface area contributed by atoms with Crippen molar-refractivity contribution in [1.29, 1.82) is 0 Å². The Labute approximate surface area is 291 Å². The van der Waals surface area contributed by atoms with Crippen molar-refractivity contribution in [2.24, 2.45) is 0 Å². The Bertz CT molecular complexity index is 1850. The smallest absolute Gasteiger partial charge is 0.410 e. The van der Waals surface area contributed by atoms with Crippen LogP contribution in [0.4, 0.5) is 14.9 Å². The molecule has 2 aromatic heterocycles. The molecule has 0 bridgehead atoms. The maximum Gasteiger partial charge on any atom is 0.410 e. The van der Waals surface area contributed by atoms with Gasteiger partial charge in [-0.15, -0.1) is 0 Å². The molecular weight excluding hydrogens is 637 g/mol. The van der Waals surface area contributed by atoms with Crippen molar-refractivity contribution in [3.8, 4) is 11.1 Å². The highest BCUT2D eigenvalue weighted by atomic mass is 19.1. The van der Waals surface area contributed by atoms with Crippen LogP contribution in [0, 0.1) is 5.82 Å². The molecule has 1 N–H and O–H groups in total. The number of benzene rings is 2. The van der Waals surface area contributed by atoms with E-state index in [-0.39, 0.29) is 29.6 Å². The van der Waals surface area contributed by atoms with E-state index in [1.807, 2.05) is 56.1 Å². The second-order valence-electron chi connectivity index (χ2n) is 14.6. The molecule has 0 radical (unpaired) electrons. The predicted octanol–water partition coefficient (Wildman–Crippen LogP) is 5.87. The molecule has 3 amide bonds. The summed E-state index contributed by atoms with van der Waals surface area (Å²) in [7, 11) is 0. The van der Waals surface area contributed by atoms with Gasteiger partial charge in [0.2, 0.25) is 5.91 Å². The zero-order valence-corrected chi connectivity index (χ0v) is 29.2. The molecule has 7 rings (SSSR count). The van der Waals surface area contributed by atoms with Gasteiger partial charge in [-0.25, -0.2) is 9.18 Å². The monoisotopic (exact) mass is 683 g/mol. The highest BCUT2D eigenvalue weighted by Gasteiger charge is 2.31. The molecule has 12 heteroatoms. The number of ether oxygens (including phenoxy) is 1. The van der Waals surface area contributed by atoms with Crippen molar-refractivity contribution in [2.45, 2.75) is 64.5 Å². The summed E-state index contributed by atoms with van der Waals surface area (Å²) < 4.78 is 23.9. The van der Waals surface area contributed by atoms with Gasteiger partial charge in [0, 0.05) is 94.7 Å². The number of piperazine rings is 1. The maximum atomic E-state index is 16.6. The first-order valence-corrected chi connectivity index (χ1v) is 17.8. The Kier molecular flexibility index (Phi) is 9.28. The number of anilines is 1. The molecule has 264 valence electrons. The van der Waals surface area contributed by atoms with E-state index in [1.165, 1.54) is 0 Å². The molecule has 3 saturated heterocycles. The van der Waals surface area contributed by atoms with Crippen LogP contribution in [0.5, 0.6) is 0 Å². The van der Waals surface area contributed by atoms with Gasteiger partial charge in [0.25, 0.3) is 5.91 Å². The average molecular weight is 684 g/mol. The van der Waals surface area contributed by atoms with Crippen molar-refractivity contribution in [3.05, 3.63) is 71.9 Å². The Morgan fingerprint density at radius 1 is 0.940 bits per heavy atom. The third kappa shape index (κ3) is 7.06. The van der Waals surface area contributed by atoms with Crippen molar-refractivity contribution in [3.63, 3.8) is 0 Å². The number of aryl methyl sites for hydroxylation is 1. The number of halogens is 1. The minimum Gasteiger partial charge on any atom is -0.444 e. The summed E-state index contributed by atoms with van der Waals surface area (Å²) in [6.07, 6.45) is 6.10. The normalized spacial score (nSPS) is 18.4. The van der Waals surface area contributed by atoms with Crippen LogP contribution < -0.4 is 4.90 Å². The van der Waals surface area contributed by atoms with Crippen LogP contribution in [-0.2, 0) is 16.1 Å². The number of fused-ring (bicyclic) bond motifs is 1. The van der Waals surface area contributed by atoms with Gasteiger partial charge in [-0.1, -0.05) is 12.1 Å². The maximum absolute atomic E-state index is 16.6. The number of hydrogen-bond donors (Lipinski definition) is 1. The van der Waals surface area contributed by atoms with E-state index in [2.05, 4.69) is 27.1 Å². The second-order valence-corrected chi connectivity index (χ2v) is 14.6. The van der Waals surface area contributed by atoms with Gasteiger partial charge >= 0.3 is 6.09 Å². The number of carbonyl (C=O) groups excluding carboxylic acids is 3. The van der Waals surface area contributed by atoms with Gasteiger partial charge in [0.05, 0.1) is 5.52 Å². The van der Waals surface area contributed by atoms with Crippen molar-refractivity contribution in [1.82, 2.24) is 29.5 Å². The van der Waals surface area contributed by atoms with E-state index in [9.17, 15) is 14.4 Å². The number of aromatic nitrogens is 3. The van der Waals surface area contributed by atoms with E-state index in [1.54, 1.807) is 26.7 Å². The molecule has 5 heterocycles. The summed E-state index contributed by atoms with van der Waals surface area (Å²) in [4.78, 5) is 49.8. The molecule has 4 aromatic rings. The average Bonchev–Trinajstić information content (AvgIpc) is 3.78. The first kappa shape index (κ1) is 33.6. The topological polar surface area (TPSA) is 107 Å². The summed E-state index contributed by atoms with van der Waals surface area (Å²) >= 11 is 0. The minimum absolute atomic E-state index is 0.0386. The number of hydrogen-bond acceptors (Lipinski definition) is 6. The zero-order chi connectivity index (χ0) is 35.0. The Hall–Kier alpha value is -4.87. The van der Waals surface area contributed by atoms with Gasteiger partial charge < -0.3 is 29.3 Å². The first-order chi connectivity index (χ1) is 24.0. The standard InChI is InChI=1S/C38H46FN7O4/c1-38(2,3)50-37(49)44-21-19-42(20-22-44)28-10-8-26(9-11-28)29-23-30(34(39)35-31(29)24-32(41-35)36(48)43-15-6-16-43)27-7-4-14-45(25-27)33(47)12-18-46-17-5-13-40-46/h5,8-11,13,17,23-24,27,41H,4,6-7,12,14-16,18-22,25H2,1-3H3/t27-/m0/s1. The number of amides is 3. The van der Waals surface area contributed by atoms with Crippen molar-refractivity contribution >= 4 is 34.5 Å². The predicted molar refractivity (Wildman–Crippen MR) is 190 cm³/mol. The summed E-state index contributed by atoms with van der Waals surface area (Å²) in [6.45, 7) is 11.1. The summed E-state index contributed by atoms with van der Waals surface area (Å²) in [5.74, 6) is -0.621. The Morgan fingerprint density at radius 3 is 2.34 bits per heavy atom. The third-order valence-electron chi connectivity index (χ3n) is 10.1. The van der Waals surface area contributed by atoms with Gasteiger partial charge in [-0.2, -0.15) is 5.10 Å². The SMILES string of the molecule is CC(C)(C)OC(=O)N1CCN(c2ccc(-c3cc([C@H]4CCCN(C(=O)CCn5cccn5)C4)c(F)c4[nH]c(C(=O)N5CCC5)cc34)cc2)CC1. The third-order valence-corrected chi connectivity index (χ3v) is 10.1. The molecule has 11 nitrogen and oxygen atoms in total. The van der Waals surface area contributed by atoms with E-state index in [4.69, 9.17) is 4.74 Å². The second kappa shape index (κ2) is 13.8. The van der Waals surface area contributed by atoms with Crippen LogP contribution in [0.2, 0.25) is 0 Å². The van der Waals surface area contributed by atoms with E-state index >= 15 is 4.39 Å². The van der Waals surface area contributed by atoms with Gasteiger partial charge in [-0.3, -0.25) is 14.3 Å². The van der Waals surface area contributed by atoms with E-state index in [0.717, 1.165) is 36.1 Å². The highest BCUT2D eigenvalue weighted by Crippen LogP contribution is 2.39. The molecule has 0 saturated carbocycles. The number of piperidine rings is 1. The number of rotatable bonds is 7. The zero-order valence-electron chi connectivity index (χ0n) is 29.2. The minimum atomic E-state index is -0.535. The van der Waals surface area contributed by atoms with Gasteiger partial charge in [0.15, 0.2) is 5.82 Å². The fourth-order valence-corrected chi connectivity index (χ4v) is 7.21. The molecule has 0 aliphatic carbocycles. The molecular formula is C38H46FN7O4. The Balaban J connectivity index is 1.14. The molecule has 2 aromatic carbocycles. The summed E-state index contributed by atoms with van der Waals surface area (Å²) in [6, 6.07) is 13.8. The molecule has 0 unspecified atom stereocenters. The number of carbonyl (C=O) groups is 3. The van der Waals surface area contributed by atoms with Crippen LogP contribution in [0.25, 0.3) is 22.0 Å². The number of nitrogens with one attached hydrogen (secondary N) is 1. The number of likely N-dealkylation sites (tertiary alicyclic amines) is 2. The van der Waals surface area contributed by atoms with Crippen LogP contribution >= 0.6 is 0 Å². The van der Waals surface area contributed by atoms with Crippen LogP contribution in [0.1, 0.15) is 68.4 Å². The quantitative estimate of drug-likeness (QED) is 0.261. The van der Waals surface area contributed by atoms with Crippen LogP contribution in [0.15, 0.2) is 54.9 Å². The fraction of sp³-hybridized carbons (Fsp3) is 0.474. The summed E-state index contributed by atoms with van der Waals surface area (Å²) in [5.41, 5.74) is 3.53. The van der Waals surface area contributed by atoms with Gasteiger partial charge in [0.1, 0.15) is 11.3 Å². The lowest BCUT2D eigenvalue weighted by molar-refractivity contribution is -0.132. The van der Waals surface area contributed by atoms with Crippen LogP contribution in [-0.4, -0.2) is 105 Å². The van der Waals surface area contributed by atoms with Crippen molar-refractivity contribution < 1.29 is 23.5 Å². The lowest BCUT2D eigenvalue weighted by atomic mass is 9.87. The Morgan fingerprint density at radius 2 is 1.68 bits per heavy atom. The number of H-pyrrole nitrogens is 1. The van der Waals surface area contributed by atoms with E-state index in [0.29, 0.717) is 87.5 Å². The fourth-order valence-electron chi connectivity index (χ4n) is 7.21. The molecule has 3 aliphatic rings. The first-order valence-electron chi connectivity index (χ1n) is 17.8. The number of aromatic amines is 1. The summed E-state index contributed by atoms with van der Waals surface area (Å²) in [5, 5.41) is 4.87. The van der Waals surface area contributed by atoms with Crippen LogP contribution in [0.3, 0.4) is 0 Å². The molecule has 50 heavy (non-hydrogen) atoms. The lowest BCUT2D eigenvalue weighted by Crippen LogP contribution is -2.50. The number of nitrogens with zero attached hydrogens (tertiary/aromatic N) is 6. The largest absolute Gasteiger partial charge is 0.444 e. The lowest BCUT2D eigenvalue weighted by Gasteiger charge is -2.36. The van der Waals surface area contributed by atoms with E-state index < -0.39 is 5.60 Å². The molecule has 0 spiro atoms. The van der Waals surface area contributed by atoms with Gasteiger partial charge in [-0.05, 0) is 87.1 Å². The highest BCUT2D eigenvalue weighted by molar-refractivity contribution is 6.04. The molecule has 3 fully saturated rings. The molecule has 3 aliphatic heterocycles. The molecule has 1 atom stereocenters. The van der Waals surface area contributed by atoms with Crippen molar-refractivity contribution in [2.75, 3.05) is 57.3 Å².